The lowest BCUT2D eigenvalue weighted by molar-refractivity contribution is -0.933. The number of ether oxygens (including phenoxy) is 2. The van der Waals surface area contributed by atoms with Crippen molar-refractivity contribution in [3.05, 3.63) is 0 Å². The van der Waals surface area contributed by atoms with Gasteiger partial charge in [0.15, 0.2) is 0 Å². The van der Waals surface area contributed by atoms with Crippen LogP contribution in [0.5, 0.6) is 0 Å². The second-order valence-corrected chi connectivity index (χ2v) is 9.42. The highest BCUT2D eigenvalue weighted by molar-refractivity contribution is 4.53. The Labute approximate surface area is 175 Å². The van der Waals surface area contributed by atoms with Crippen LogP contribution in [0.2, 0.25) is 0 Å². The van der Waals surface area contributed by atoms with Crippen LogP contribution in [-0.4, -0.2) is 87.8 Å². The van der Waals surface area contributed by atoms with Gasteiger partial charge in [-0.05, 0) is 39.5 Å². The molecule has 0 aliphatic carbocycles. The van der Waals surface area contributed by atoms with Gasteiger partial charge in [0.2, 0.25) is 0 Å². The van der Waals surface area contributed by atoms with E-state index in [9.17, 15) is 0 Å². The minimum atomic E-state index is 0.973. The summed E-state index contributed by atoms with van der Waals surface area (Å²) in [7, 11) is 0. The second-order valence-electron chi connectivity index (χ2n) is 9.42. The molecule has 2 fully saturated rings. The van der Waals surface area contributed by atoms with Crippen LogP contribution >= 0.6 is 0 Å². The minimum Gasteiger partial charge on any atom is -0.370 e. The van der Waals surface area contributed by atoms with Gasteiger partial charge in [-0.3, -0.25) is 0 Å². The smallest absolute Gasteiger partial charge is 0.102 e. The van der Waals surface area contributed by atoms with Crippen molar-refractivity contribution in [1.82, 2.24) is 0 Å². The minimum absolute atomic E-state index is 0.973. The van der Waals surface area contributed by atoms with Crippen LogP contribution in [0.4, 0.5) is 0 Å². The molecule has 2 heterocycles. The number of quaternary nitrogens is 2. The maximum atomic E-state index is 5.55. The maximum Gasteiger partial charge on any atom is 0.102 e. The standard InChI is InChI=1S/C24H50N2O2/c1-3-25(17-21-27-22-18-25)15-13-11-9-7-5-6-8-10-12-14-16-26(4-2)19-23-28-24-20-26/h3-24H2,1-2H3/q+2. The molecule has 0 radical (unpaired) electrons. The van der Waals surface area contributed by atoms with Crippen LogP contribution in [0.15, 0.2) is 0 Å². The predicted molar refractivity (Wildman–Crippen MR) is 119 cm³/mol. The van der Waals surface area contributed by atoms with E-state index in [2.05, 4.69) is 13.8 Å². The first kappa shape index (κ1) is 24.1. The van der Waals surface area contributed by atoms with Crippen LogP contribution in [0.3, 0.4) is 0 Å². The second kappa shape index (κ2) is 14.0. The summed E-state index contributed by atoms with van der Waals surface area (Å²) in [6.07, 6.45) is 14.4. The largest absolute Gasteiger partial charge is 0.370 e. The Morgan fingerprint density at radius 1 is 0.464 bits per heavy atom. The average Bonchev–Trinajstić information content (AvgIpc) is 2.76. The summed E-state index contributed by atoms with van der Waals surface area (Å²) >= 11 is 0. The number of nitrogens with zero attached hydrogens (tertiary/aromatic N) is 2. The fourth-order valence-corrected chi connectivity index (χ4v) is 5.17. The molecule has 0 saturated carbocycles. The quantitative estimate of drug-likeness (QED) is 0.296. The summed E-state index contributed by atoms with van der Waals surface area (Å²) in [6, 6.07) is 0. The van der Waals surface area contributed by atoms with Crippen molar-refractivity contribution in [3.8, 4) is 0 Å². The third kappa shape index (κ3) is 8.69. The third-order valence-electron chi connectivity index (χ3n) is 7.70. The number of hydrogen-bond donors (Lipinski definition) is 0. The Kier molecular flexibility index (Phi) is 12.0. The number of hydrogen-bond acceptors (Lipinski definition) is 2. The van der Waals surface area contributed by atoms with Crippen LogP contribution in [-0.2, 0) is 9.47 Å². The molecule has 0 N–H and O–H groups in total. The van der Waals surface area contributed by atoms with Gasteiger partial charge < -0.3 is 18.4 Å². The Morgan fingerprint density at radius 2 is 0.750 bits per heavy atom. The van der Waals surface area contributed by atoms with Crippen molar-refractivity contribution in [2.75, 3.05) is 78.8 Å². The van der Waals surface area contributed by atoms with Gasteiger partial charge in [0, 0.05) is 0 Å². The molecule has 2 rings (SSSR count). The van der Waals surface area contributed by atoms with Gasteiger partial charge in [-0.2, -0.15) is 0 Å². The molecular formula is C24H50N2O2+2. The zero-order valence-electron chi connectivity index (χ0n) is 19.3. The van der Waals surface area contributed by atoms with Crippen molar-refractivity contribution in [2.24, 2.45) is 0 Å². The van der Waals surface area contributed by atoms with E-state index in [-0.39, 0.29) is 0 Å². The SMILES string of the molecule is CC[N+]1(CCCCCCCCCCCC[N+]2(CC)CCOCC2)CCOCC1. The number of rotatable bonds is 15. The predicted octanol–water partition coefficient (Wildman–Crippen LogP) is 4.62. The highest BCUT2D eigenvalue weighted by Crippen LogP contribution is 2.17. The molecule has 0 amide bonds. The number of unbranched alkanes of at least 4 members (excludes halogenated alkanes) is 9. The Balaban J connectivity index is 1.37. The van der Waals surface area contributed by atoms with Crippen molar-refractivity contribution in [3.63, 3.8) is 0 Å². The molecule has 4 heteroatoms. The van der Waals surface area contributed by atoms with Gasteiger partial charge in [0.1, 0.15) is 26.2 Å². The molecule has 2 aliphatic rings. The molecule has 4 nitrogen and oxygen atoms in total. The van der Waals surface area contributed by atoms with E-state index >= 15 is 0 Å². The zero-order valence-corrected chi connectivity index (χ0v) is 19.3. The summed E-state index contributed by atoms with van der Waals surface area (Å²) in [5.74, 6) is 0. The summed E-state index contributed by atoms with van der Waals surface area (Å²) in [4.78, 5) is 0. The zero-order chi connectivity index (χ0) is 20.0. The first-order chi connectivity index (χ1) is 13.7. The Morgan fingerprint density at radius 3 is 1.04 bits per heavy atom. The molecule has 2 saturated heterocycles. The summed E-state index contributed by atoms with van der Waals surface area (Å²) in [5, 5.41) is 0. The van der Waals surface area contributed by atoms with Crippen molar-refractivity contribution < 1.29 is 18.4 Å². The molecule has 28 heavy (non-hydrogen) atoms. The topological polar surface area (TPSA) is 18.5 Å². The van der Waals surface area contributed by atoms with E-state index in [0.29, 0.717) is 0 Å². The van der Waals surface area contributed by atoms with Gasteiger partial charge in [-0.15, -0.1) is 0 Å². The highest BCUT2D eigenvalue weighted by Gasteiger charge is 2.28. The number of morpholine rings is 2. The van der Waals surface area contributed by atoms with E-state index in [1.807, 2.05) is 0 Å². The van der Waals surface area contributed by atoms with Gasteiger partial charge in [0.05, 0.1) is 52.6 Å². The van der Waals surface area contributed by atoms with Crippen LogP contribution < -0.4 is 0 Å². The Bertz CT molecular complexity index is 341. The molecule has 2 aliphatic heterocycles. The molecule has 0 atom stereocenters. The molecule has 0 bridgehead atoms. The van der Waals surface area contributed by atoms with Crippen LogP contribution in [0.1, 0.15) is 78.1 Å². The van der Waals surface area contributed by atoms with Gasteiger partial charge in [-0.1, -0.05) is 38.5 Å². The van der Waals surface area contributed by atoms with E-state index in [1.54, 1.807) is 0 Å². The van der Waals surface area contributed by atoms with E-state index in [0.717, 1.165) is 26.4 Å². The van der Waals surface area contributed by atoms with Crippen LogP contribution in [0.25, 0.3) is 0 Å². The highest BCUT2D eigenvalue weighted by atomic mass is 16.5. The summed E-state index contributed by atoms with van der Waals surface area (Å²) < 4.78 is 13.7. The van der Waals surface area contributed by atoms with Crippen molar-refractivity contribution in [1.29, 1.82) is 0 Å². The lowest BCUT2D eigenvalue weighted by atomic mass is 10.1. The molecule has 0 spiro atoms. The third-order valence-corrected chi connectivity index (χ3v) is 7.70. The molecule has 166 valence electrons. The summed E-state index contributed by atoms with van der Waals surface area (Å²) in [6.45, 7) is 18.9. The van der Waals surface area contributed by atoms with Gasteiger partial charge in [0.25, 0.3) is 0 Å². The van der Waals surface area contributed by atoms with E-state index < -0.39 is 0 Å². The lowest BCUT2D eigenvalue weighted by Gasteiger charge is -2.40. The fourth-order valence-electron chi connectivity index (χ4n) is 5.17. The average molecular weight is 399 g/mol. The molecule has 0 aromatic rings. The Hall–Kier alpha value is -0.160. The molecule has 0 unspecified atom stereocenters. The molecule has 0 aromatic carbocycles. The summed E-state index contributed by atoms with van der Waals surface area (Å²) in [5.41, 5.74) is 0. The maximum absolute atomic E-state index is 5.55. The fraction of sp³-hybridized carbons (Fsp3) is 1.00. The first-order valence-corrected chi connectivity index (χ1v) is 12.6. The van der Waals surface area contributed by atoms with E-state index in [4.69, 9.17) is 9.47 Å². The first-order valence-electron chi connectivity index (χ1n) is 12.6. The molecule has 0 aromatic heterocycles. The van der Waals surface area contributed by atoms with Gasteiger partial charge in [-0.25, -0.2) is 0 Å². The normalized spacial score (nSPS) is 21.6. The molecular weight excluding hydrogens is 348 g/mol. The monoisotopic (exact) mass is 398 g/mol. The van der Waals surface area contributed by atoms with Crippen molar-refractivity contribution in [2.45, 2.75) is 78.1 Å². The van der Waals surface area contributed by atoms with E-state index in [1.165, 1.54) is 126 Å². The van der Waals surface area contributed by atoms with Crippen molar-refractivity contribution >= 4 is 0 Å². The number of likely N-dealkylation sites (N-methyl/N-ethyl adjacent to an activating group) is 2. The van der Waals surface area contributed by atoms with Gasteiger partial charge >= 0.3 is 0 Å². The lowest BCUT2D eigenvalue weighted by Crippen LogP contribution is -2.55. The van der Waals surface area contributed by atoms with Crippen LogP contribution in [0, 0.1) is 0 Å².